The van der Waals surface area contributed by atoms with Crippen molar-refractivity contribution < 1.29 is 4.42 Å². The van der Waals surface area contributed by atoms with Gasteiger partial charge in [0.2, 0.25) is 5.71 Å². The van der Waals surface area contributed by atoms with Gasteiger partial charge in [0.15, 0.2) is 0 Å². The number of furan rings is 1. The highest BCUT2D eigenvalue weighted by Crippen LogP contribution is 2.30. The quantitative estimate of drug-likeness (QED) is 0.472. The van der Waals surface area contributed by atoms with E-state index < -0.39 is 0 Å². The van der Waals surface area contributed by atoms with Gasteiger partial charge in [-0.3, -0.25) is 0 Å². The van der Waals surface area contributed by atoms with Crippen molar-refractivity contribution in [2.24, 2.45) is 0 Å². The predicted molar refractivity (Wildman–Crippen MR) is 86.4 cm³/mol. The molecule has 0 saturated carbocycles. The second kappa shape index (κ2) is 4.45. The van der Waals surface area contributed by atoms with Crippen LogP contribution in [0, 0.1) is 13.8 Å². The molecule has 0 radical (unpaired) electrons. The standard InChI is InChI=1S/C19H15NO/c1-12-9-13(2)11-14(10-12)17-8-7-16-15-5-3-4-6-18(15)21-19(16)20-17/h3-11H,1-2H3. The van der Waals surface area contributed by atoms with Gasteiger partial charge in [0, 0.05) is 16.3 Å². The van der Waals surface area contributed by atoms with Crippen molar-refractivity contribution in [3.05, 3.63) is 65.7 Å². The number of fused-ring (bicyclic) bond motifs is 3. The molecule has 2 heterocycles. The third-order valence-corrected chi connectivity index (χ3v) is 3.76. The van der Waals surface area contributed by atoms with E-state index in [4.69, 9.17) is 9.40 Å². The zero-order chi connectivity index (χ0) is 14.4. The van der Waals surface area contributed by atoms with Crippen LogP contribution in [-0.4, -0.2) is 4.98 Å². The van der Waals surface area contributed by atoms with Gasteiger partial charge in [-0.15, -0.1) is 0 Å². The second-order valence-electron chi connectivity index (χ2n) is 5.52. The average Bonchev–Trinajstić information content (AvgIpc) is 2.83. The number of para-hydroxylation sites is 1. The van der Waals surface area contributed by atoms with E-state index in [-0.39, 0.29) is 0 Å². The number of aromatic nitrogens is 1. The van der Waals surface area contributed by atoms with E-state index >= 15 is 0 Å². The molecule has 2 aromatic carbocycles. The summed E-state index contributed by atoms with van der Waals surface area (Å²) in [7, 11) is 0. The highest BCUT2D eigenvalue weighted by molar-refractivity contribution is 6.03. The normalized spacial score (nSPS) is 11.3. The molecule has 0 spiro atoms. The molecule has 0 fully saturated rings. The molecule has 0 atom stereocenters. The van der Waals surface area contributed by atoms with Crippen LogP contribution < -0.4 is 0 Å². The van der Waals surface area contributed by atoms with Crippen LogP contribution in [0.2, 0.25) is 0 Å². The van der Waals surface area contributed by atoms with E-state index in [9.17, 15) is 0 Å². The Bertz CT molecular complexity index is 946. The molecule has 0 saturated heterocycles. The molecule has 0 amide bonds. The van der Waals surface area contributed by atoms with Crippen LogP contribution >= 0.6 is 0 Å². The van der Waals surface area contributed by atoms with Crippen LogP contribution in [0.25, 0.3) is 33.3 Å². The minimum atomic E-state index is 0.702. The van der Waals surface area contributed by atoms with Gasteiger partial charge in [-0.05, 0) is 44.2 Å². The number of rotatable bonds is 1. The SMILES string of the molecule is Cc1cc(C)cc(-c2ccc3c(n2)oc2ccccc23)c1. The third-order valence-electron chi connectivity index (χ3n) is 3.76. The Hall–Kier alpha value is -2.61. The lowest BCUT2D eigenvalue weighted by Gasteiger charge is -2.04. The molecule has 0 bridgehead atoms. The summed E-state index contributed by atoms with van der Waals surface area (Å²) in [5.74, 6) is 0. The summed E-state index contributed by atoms with van der Waals surface area (Å²) in [5.41, 5.74) is 6.17. The van der Waals surface area contributed by atoms with Gasteiger partial charge in [0.05, 0.1) is 5.69 Å². The van der Waals surface area contributed by atoms with Crippen molar-refractivity contribution >= 4 is 22.1 Å². The van der Waals surface area contributed by atoms with Crippen LogP contribution in [-0.2, 0) is 0 Å². The lowest BCUT2D eigenvalue weighted by Crippen LogP contribution is -1.86. The Labute approximate surface area is 123 Å². The highest BCUT2D eigenvalue weighted by Gasteiger charge is 2.09. The molecular weight excluding hydrogens is 258 g/mol. The number of pyridine rings is 1. The summed E-state index contributed by atoms with van der Waals surface area (Å²) in [6.45, 7) is 4.21. The van der Waals surface area contributed by atoms with Crippen molar-refractivity contribution in [2.45, 2.75) is 13.8 Å². The van der Waals surface area contributed by atoms with Gasteiger partial charge in [-0.1, -0.05) is 35.4 Å². The van der Waals surface area contributed by atoms with Gasteiger partial charge in [-0.2, -0.15) is 0 Å². The van der Waals surface area contributed by atoms with Crippen LogP contribution in [0.3, 0.4) is 0 Å². The number of hydrogen-bond acceptors (Lipinski definition) is 2. The molecule has 102 valence electrons. The summed E-state index contributed by atoms with van der Waals surface area (Å²) < 4.78 is 5.86. The smallest absolute Gasteiger partial charge is 0.227 e. The van der Waals surface area contributed by atoms with Crippen molar-refractivity contribution in [1.82, 2.24) is 4.98 Å². The number of hydrogen-bond donors (Lipinski definition) is 0. The maximum atomic E-state index is 5.86. The fraction of sp³-hybridized carbons (Fsp3) is 0.105. The second-order valence-corrected chi connectivity index (χ2v) is 5.52. The summed E-state index contributed by atoms with van der Waals surface area (Å²) >= 11 is 0. The van der Waals surface area contributed by atoms with E-state index in [1.807, 2.05) is 18.2 Å². The zero-order valence-corrected chi connectivity index (χ0v) is 12.1. The maximum Gasteiger partial charge on any atom is 0.227 e. The summed E-state index contributed by atoms with van der Waals surface area (Å²) in [5, 5.41) is 2.19. The van der Waals surface area contributed by atoms with Crippen LogP contribution in [0.1, 0.15) is 11.1 Å². The third kappa shape index (κ3) is 2.00. The van der Waals surface area contributed by atoms with E-state index in [0.717, 1.165) is 27.6 Å². The fourth-order valence-electron chi connectivity index (χ4n) is 2.89. The molecule has 2 heteroatoms. The largest absolute Gasteiger partial charge is 0.438 e. The first-order chi connectivity index (χ1) is 10.2. The van der Waals surface area contributed by atoms with Crippen molar-refractivity contribution in [2.75, 3.05) is 0 Å². The molecule has 0 N–H and O–H groups in total. The van der Waals surface area contributed by atoms with Crippen molar-refractivity contribution in [1.29, 1.82) is 0 Å². The molecule has 2 aromatic heterocycles. The topological polar surface area (TPSA) is 26.0 Å². The fourth-order valence-corrected chi connectivity index (χ4v) is 2.89. The van der Waals surface area contributed by atoms with Gasteiger partial charge < -0.3 is 4.42 Å². The molecule has 0 aliphatic heterocycles. The van der Waals surface area contributed by atoms with Gasteiger partial charge in [0.1, 0.15) is 5.58 Å². The lowest BCUT2D eigenvalue weighted by atomic mass is 10.0. The Balaban J connectivity index is 1.96. The molecule has 0 aliphatic carbocycles. The van der Waals surface area contributed by atoms with E-state index in [1.165, 1.54) is 11.1 Å². The number of nitrogens with zero attached hydrogens (tertiary/aromatic N) is 1. The molecule has 4 aromatic rings. The van der Waals surface area contributed by atoms with Crippen LogP contribution in [0.5, 0.6) is 0 Å². The molecule has 2 nitrogen and oxygen atoms in total. The average molecular weight is 273 g/mol. The Morgan fingerprint density at radius 3 is 2.38 bits per heavy atom. The van der Waals surface area contributed by atoms with Crippen LogP contribution in [0.4, 0.5) is 0 Å². The maximum absolute atomic E-state index is 5.86. The Morgan fingerprint density at radius 1 is 0.810 bits per heavy atom. The van der Waals surface area contributed by atoms with Gasteiger partial charge in [0.25, 0.3) is 0 Å². The minimum absolute atomic E-state index is 0.702. The molecule has 0 aliphatic rings. The Morgan fingerprint density at radius 2 is 1.57 bits per heavy atom. The summed E-state index contributed by atoms with van der Waals surface area (Å²) in [6.07, 6.45) is 0. The van der Waals surface area contributed by atoms with E-state index in [0.29, 0.717) is 5.71 Å². The summed E-state index contributed by atoms with van der Waals surface area (Å²) in [6, 6.07) is 18.7. The van der Waals surface area contributed by atoms with Crippen LogP contribution in [0.15, 0.2) is 59.0 Å². The first-order valence-corrected chi connectivity index (χ1v) is 7.08. The number of aryl methyl sites for hydroxylation is 2. The van der Waals surface area contributed by atoms with E-state index in [1.54, 1.807) is 0 Å². The zero-order valence-electron chi connectivity index (χ0n) is 12.1. The van der Waals surface area contributed by atoms with Gasteiger partial charge in [-0.25, -0.2) is 4.98 Å². The molecule has 4 rings (SSSR count). The van der Waals surface area contributed by atoms with Crippen molar-refractivity contribution in [3.63, 3.8) is 0 Å². The van der Waals surface area contributed by atoms with Gasteiger partial charge >= 0.3 is 0 Å². The molecule has 0 unspecified atom stereocenters. The number of benzene rings is 2. The first-order valence-electron chi connectivity index (χ1n) is 7.08. The monoisotopic (exact) mass is 273 g/mol. The van der Waals surface area contributed by atoms with E-state index in [2.05, 4.69) is 50.2 Å². The summed E-state index contributed by atoms with van der Waals surface area (Å²) in [4.78, 5) is 4.70. The lowest BCUT2D eigenvalue weighted by molar-refractivity contribution is 0.654. The molecule has 21 heavy (non-hydrogen) atoms. The predicted octanol–water partition coefficient (Wildman–Crippen LogP) is 5.26. The van der Waals surface area contributed by atoms with Crippen molar-refractivity contribution in [3.8, 4) is 11.3 Å². The first kappa shape index (κ1) is 12.2. The molecular formula is C19H15NO. The highest BCUT2D eigenvalue weighted by atomic mass is 16.3. The Kier molecular flexibility index (Phi) is 2.58. The minimum Gasteiger partial charge on any atom is -0.438 e.